The third-order valence-electron chi connectivity index (χ3n) is 5.41. The molecule has 0 saturated carbocycles. The molecule has 0 radical (unpaired) electrons. The minimum absolute atomic E-state index is 0.0189. The number of piperidine rings is 1. The van der Waals surface area contributed by atoms with Crippen LogP contribution in [0, 0.1) is 19.8 Å². The van der Waals surface area contributed by atoms with Gasteiger partial charge in [0.1, 0.15) is 0 Å². The van der Waals surface area contributed by atoms with Crippen molar-refractivity contribution in [3.05, 3.63) is 46.2 Å². The van der Waals surface area contributed by atoms with Crippen LogP contribution in [0.25, 0.3) is 5.69 Å². The van der Waals surface area contributed by atoms with Crippen LogP contribution < -0.4 is 5.32 Å². The molecule has 0 spiro atoms. The molecule has 0 aliphatic carbocycles. The van der Waals surface area contributed by atoms with Crippen LogP contribution in [-0.2, 0) is 0 Å². The normalized spacial score (nSPS) is 18.1. The van der Waals surface area contributed by atoms with Gasteiger partial charge in [-0.05, 0) is 77.3 Å². The van der Waals surface area contributed by atoms with E-state index in [-0.39, 0.29) is 5.91 Å². The smallest absolute Gasteiger partial charge is 0.251 e. The van der Waals surface area contributed by atoms with Gasteiger partial charge in [0.2, 0.25) is 0 Å². The minimum atomic E-state index is -0.0189. The first-order valence-electron chi connectivity index (χ1n) is 9.71. The van der Waals surface area contributed by atoms with Crippen LogP contribution in [0.4, 0.5) is 0 Å². The molecule has 2 aromatic rings. The largest absolute Gasteiger partial charge is 0.352 e. The van der Waals surface area contributed by atoms with Gasteiger partial charge >= 0.3 is 0 Å². The van der Waals surface area contributed by atoms with Crippen molar-refractivity contribution in [2.45, 2.75) is 46.6 Å². The zero-order valence-corrected chi connectivity index (χ0v) is 17.4. The van der Waals surface area contributed by atoms with E-state index < -0.39 is 0 Å². The Morgan fingerprint density at radius 2 is 2.00 bits per heavy atom. The average molecular weight is 389 g/mol. The first kappa shape index (κ1) is 19.9. The van der Waals surface area contributed by atoms with E-state index in [4.69, 9.17) is 11.6 Å². The van der Waals surface area contributed by atoms with Crippen molar-refractivity contribution in [3.63, 3.8) is 0 Å². The van der Waals surface area contributed by atoms with Crippen LogP contribution in [0.2, 0.25) is 5.02 Å². The molecule has 1 atom stereocenters. The Bertz CT molecular complexity index is 797. The van der Waals surface area contributed by atoms with Crippen molar-refractivity contribution in [3.8, 4) is 5.69 Å². The Morgan fingerprint density at radius 3 is 2.59 bits per heavy atom. The number of halogens is 1. The lowest BCUT2D eigenvalue weighted by atomic mass is 9.97. The maximum absolute atomic E-state index is 12.5. The number of rotatable bonds is 5. The number of nitrogens with one attached hydrogen (secondary N) is 1. The number of likely N-dealkylation sites (tertiary alicyclic amines) is 1. The molecule has 5 nitrogen and oxygen atoms in total. The maximum atomic E-state index is 12.5. The quantitative estimate of drug-likeness (QED) is 0.842. The van der Waals surface area contributed by atoms with E-state index in [1.807, 2.05) is 42.8 Å². The van der Waals surface area contributed by atoms with Gasteiger partial charge in [0.05, 0.1) is 22.1 Å². The summed E-state index contributed by atoms with van der Waals surface area (Å²) in [4.78, 5) is 15.0. The molecule has 1 fully saturated rings. The Kier molecular flexibility index (Phi) is 6.22. The number of carbonyl (C=O) groups excluding carboxylic acids is 1. The van der Waals surface area contributed by atoms with E-state index in [1.54, 1.807) is 0 Å². The highest BCUT2D eigenvalue weighted by Gasteiger charge is 2.22. The Hall–Kier alpha value is -1.85. The van der Waals surface area contributed by atoms with Crippen molar-refractivity contribution in [1.29, 1.82) is 0 Å². The monoisotopic (exact) mass is 388 g/mol. The SMILES string of the molecule is Cc1nn(-c2ccc(C(=O)NCC3CCCN(C(C)C)C3)cc2)c(C)c1Cl. The fraction of sp³-hybridized carbons (Fsp3) is 0.524. The maximum Gasteiger partial charge on any atom is 0.251 e. The first-order chi connectivity index (χ1) is 12.9. The second-order valence-corrected chi connectivity index (χ2v) is 8.13. The van der Waals surface area contributed by atoms with Crippen LogP contribution >= 0.6 is 11.6 Å². The zero-order chi connectivity index (χ0) is 19.6. The number of aryl methyl sites for hydroxylation is 1. The molecule has 1 N–H and O–H groups in total. The van der Waals surface area contributed by atoms with Crippen LogP contribution in [0.15, 0.2) is 24.3 Å². The molecule has 1 aliphatic heterocycles. The summed E-state index contributed by atoms with van der Waals surface area (Å²) in [7, 11) is 0. The van der Waals surface area contributed by atoms with Crippen molar-refractivity contribution in [2.24, 2.45) is 5.92 Å². The molecule has 1 unspecified atom stereocenters. The van der Waals surface area contributed by atoms with Crippen molar-refractivity contribution in [1.82, 2.24) is 20.0 Å². The lowest BCUT2D eigenvalue weighted by molar-refractivity contribution is 0.0922. The van der Waals surface area contributed by atoms with Crippen LogP contribution in [0.1, 0.15) is 48.4 Å². The van der Waals surface area contributed by atoms with Crippen molar-refractivity contribution >= 4 is 17.5 Å². The standard InChI is InChI=1S/C21H29ClN4O/c1-14(2)25-11-5-6-17(13-25)12-23-21(27)18-7-9-19(10-8-18)26-16(4)20(22)15(3)24-26/h7-10,14,17H,5-6,11-13H2,1-4H3,(H,23,27). The van der Waals surface area contributed by atoms with Gasteiger partial charge in [-0.1, -0.05) is 11.6 Å². The highest BCUT2D eigenvalue weighted by Crippen LogP contribution is 2.22. The van der Waals surface area contributed by atoms with Gasteiger partial charge in [-0.2, -0.15) is 5.10 Å². The van der Waals surface area contributed by atoms with E-state index in [2.05, 4.69) is 29.2 Å². The van der Waals surface area contributed by atoms with Crippen molar-refractivity contribution in [2.75, 3.05) is 19.6 Å². The van der Waals surface area contributed by atoms with E-state index in [1.165, 1.54) is 19.4 Å². The summed E-state index contributed by atoms with van der Waals surface area (Å²) in [6.45, 7) is 11.3. The molecule has 1 saturated heterocycles. The molecule has 27 heavy (non-hydrogen) atoms. The summed E-state index contributed by atoms with van der Waals surface area (Å²) in [6, 6.07) is 8.07. The molecule has 1 aliphatic rings. The third-order valence-corrected chi connectivity index (χ3v) is 5.96. The number of hydrogen-bond donors (Lipinski definition) is 1. The lowest BCUT2D eigenvalue weighted by Crippen LogP contribution is -2.43. The Balaban J connectivity index is 1.60. The van der Waals surface area contributed by atoms with Gasteiger partial charge in [-0.25, -0.2) is 4.68 Å². The molecular formula is C21H29ClN4O. The van der Waals surface area contributed by atoms with Crippen LogP contribution in [-0.4, -0.2) is 46.3 Å². The van der Waals surface area contributed by atoms with E-state index >= 15 is 0 Å². The van der Waals surface area contributed by atoms with Crippen LogP contribution in [0.5, 0.6) is 0 Å². The summed E-state index contributed by atoms with van der Waals surface area (Å²) in [5.41, 5.74) is 3.28. The Morgan fingerprint density at radius 1 is 1.30 bits per heavy atom. The molecule has 0 bridgehead atoms. The highest BCUT2D eigenvalue weighted by molar-refractivity contribution is 6.31. The number of carbonyl (C=O) groups is 1. The molecular weight excluding hydrogens is 360 g/mol. The molecule has 1 aromatic heterocycles. The topological polar surface area (TPSA) is 50.2 Å². The number of amides is 1. The van der Waals surface area contributed by atoms with Gasteiger partial charge in [-0.3, -0.25) is 4.79 Å². The molecule has 1 amide bonds. The summed E-state index contributed by atoms with van der Waals surface area (Å²) in [6.07, 6.45) is 2.39. The predicted octanol–water partition coefficient (Wildman–Crippen LogP) is 3.99. The van der Waals surface area contributed by atoms with Gasteiger partial charge in [-0.15, -0.1) is 0 Å². The lowest BCUT2D eigenvalue weighted by Gasteiger charge is -2.35. The molecule has 1 aromatic carbocycles. The van der Waals surface area contributed by atoms with Gasteiger partial charge in [0.25, 0.3) is 5.91 Å². The fourth-order valence-electron chi connectivity index (χ4n) is 3.70. The second kappa shape index (κ2) is 8.44. The molecule has 6 heteroatoms. The summed E-state index contributed by atoms with van der Waals surface area (Å²) in [5, 5.41) is 8.24. The number of nitrogens with zero attached hydrogens (tertiary/aromatic N) is 3. The average Bonchev–Trinajstić information content (AvgIpc) is 2.94. The Labute approximate surface area is 166 Å². The third kappa shape index (κ3) is 4.53. The summed E-state index contributed by atoms with van der Waals surface area (Å²) >= 11 is 6.22. The van der Waals surface area contributed by atoms with E-state index in [9.17, 15) is 4.79 Å². The first-order valence-corrected chi connectivity index (χ1v) is 10.1. The van der Waals surface area contributed by atoms with E-state index in [0.717, 1.165) is 30.2 Å². The minimum Gasteiger partial charge on any atom is -0.352 e. The van der Waals surface area contributed by atoms with E-state index in [0.29, 0.717) is 22.5 Å². The van der Waals surface area contributed by atoms with Gasteiger partial charge < -0.3 is 10.2 Å². The number of hydrogen-bond acceptors (Lipinski definition) is 3. The second-order valence-electron chi connectivity index (χ2n) is 7.75. The predicted molar refractivity (Wildman–Crippen MR) is 110 cm³/mol. The molecule has 2 heterocycles. The van der Waals surface area contributed by atoms with Crippen molar-refractivity contribution < 1.29 is 4.79 Å². The molecule has 3 rings (SSSR count). The number of aromatic nitrogens is 2. The molecule has 146 valence electrons. The fourth-order valence-corrected chi connectivity index (χ4v) is 3.82. The van der Waals surface area contributed by atoms with Gasteiger partial charge in [0, 0.05) is 24.7 Å². The van der Waals surface area contributed by atoms with Crippen LogP contribution in [0.3, 0.4) is 0 Å². The zero-order valence-electron chi connectivity index (χ0n) is 16.6. The highest BCUT2D eigenvalue weighted by atomic mass is 35.5. The van der Waals surface area contributed by atoms with Gasteiger partial charge in [0.15, 0.2) is 0 Å². The summed E-state index contributed by atoms with van der Waals surface area (Å²) in [5.74, 6) is 0.510. The summed E-state index contributed by atoms with van der Waals surface area (Å²) < 4.78 is 1.81. The number of benzene rings is 1.